The van der Waals surface area contributed by atoms with Crippen molar-refractivity contribution in [2.45, 2.75) is 34.9 Å². The maximum Gasteiger partial charge on any atom is 0.416 e. The van der Waals surface area contributed by atoms with E-state index in [0.717, 1.165) is 48.7 Å². The lowest BCUT2D eigenvalue weighted by Crippen LogP contribution is -2.41. The molecule has 168 valence electrons. The third kappa shape index (κ3) is 4.88. The zero-order chi connectivity index (χ0) is 22.2. The summed E-state index contributed by atoms with van der Waals surface area (Å²) in [5.74, 6) is 0. The number of alkyl halides is 3. The van der Waals surface area contributed by atoms with Crippen LogP contribution in [0.5, 0.6) is 0 Å². The number of rotatable bonds is 5. The zero-order valence-electron chi connectivity index (χ0n) is 17.7. The van der Waals surface area contributed by atoms with Crippen LogP contribution in [0.25, 0.3) is 0 Å². The fourth-order valence-corrected chi connectivity index (χ4v) is 5.13. The van der Waals surface area contributed by atoms with E-state index in [2.05, 4.69) is 15.5 Å². The van der Waals surface area contributed by atoms with Crippen LogP contribution in [0.4, 0.5) is 35.9 Å². The van der Waals surface area contributed by atoms with E-state index in [1.165, 1.54) is 23.9 Å². The van der Waals surface area contributed by atoms with Crippen molar-refractivity contribution in [2.75, 3.05) is 55.8 Å². The molecule has 4 N–H and O–H groups in total. The summed E-state index contributed by atoms with van der Waals surface area (Å²) >= 11 is 1.38. The van der Waals surface area contributed by atoms with Gasteiger partial charge in [-0.2, -0.15) is 13.2 Å². The molecule has 0 unspecified atom stereocenters. The molecule has 0 aromatic heterocycles. The second-order valence-corrected chi connectivity index (χ2v) is 9.33. The van der Waals surface area contributed by atoms with Crippen molar-refractivity contribution >= 4 is 34.5 Å². The van der Waals surface area contributed by atoms with Gasteiger partial charge in [0.15, 0.2) is 0 Å². The molecule has 2 aromatic rings. The summed E-state index contributed by atoms with van der Waals surface area (Å²) in [4.78, 5) is 5.78. The predicted octanol–water partition coefficient (Wildman–Crippen LogP) is 4.81. The molecule has 2 heterocycles. The van der Waals surface area contributed by atoms with Crippen LogP contribution >= 0.6 is 11.8 Å². The average Bonchev–Trinajstić information content (AvgIpc) is 2.72. The Kier molecular flexibility index (Phi) is 6.27. The Morgan fingerprint density at radius 2 is 1.90 bits per heavy atom. The quantitative estimate of drug-likeness (QED) is 0.517. The normalized spacial score (nSPS) is 17.0. The van der Waals surface area contributed by atoms with E-state index in [1.807, 2.05) is 37.2 Å². The van der Waals surface area contributed by atoms with Crippen LogP contribution < -0.4 is 21.3 Å². The van der Waals surface area contributed by atoms with Gasteiger partial charge in [-0.25, -0.2) is 0 Å². The number of nitrogens with one attached hydrogen (secondary N) is 2. The molecule has 0 spiro atoms. The Hall–Kier alpha value is -2.10. The molecule has 0 saturated carbocycles. The third-order valence-electron chi connectivity index (χ3n) is 5.78. The van der Waals surface area contributed by atoms with Gasteiger partial charge in [-0.1, -0.05) is 11.8 Å². The first-order chi connectivity index (χ1) is 14.7. The fraction of sp³-hybridized carbons (Fsp3) is 0.455. The lowest BCUT2D eigenvalue weighted by atomic mass is 10.0. The molecular weight excluding hydrogens is 423 g/mol. The lowest BCUT2D eigenvalue weighted by Gasteiger charge is -2.34. The van der Waals surface area contributed by atoms with Gasteiger partial charge in [0.2, 0.25) is 0 Å². The van der Waals surface area contributed by atoms with Crippen molar-refractivity contribution in [1.82, 2.24) is 4.90 Å². The van der Waals surface area contributed by atoms with Crippen molar-refractivity contribution in [1.29, 1.82) is 0 Å². The van der Waals surface area contributed by atoms with Crippen molar-refractivity contribution in [3.63, 3.8) is 0 Å². The summed E-state index contributed by atoms with van der Waals surface area (Å²) in [6, 6.07) is 8.59. The molecule has 5 nitrogen and oxygen atoms in total. The van der Waals surface area contributed by atoms with Crippen molar-refractivity contribution in [3.8, 4) is 0 Å². The fourth-order valence-electron chi connectivity index (χ4n) is 4.04. The Morgan fingerprint density at radius 3 is 2.55 bits per heavy atom. The van der Waals surface area contributed by atoms with Gasteiger partial charge < -0.3 is 26.2 Å². The van der Waals surface area contributed by atoms with E-state index in [9.17, 15) is 13.2 Å². The molecule has 2 aliphatic heterocycles. The third-order valence-corrected chi connectivity index (χ3v) is 6.88. The van der Waals surface area contributed by atoms with Gasteiger partial charge in [0.05, 0.1) is 22.6 Å². The zero-order valence-corrected chi connectivity index (χ0v) is 18.5. The molecule has 31 heavy (non-hydrogen) atoms. The molecule has 0 atom stereocenters. The minimum atomic E-state index is -4.40. The monoisotopic (exact) mass is 451 g/mol. The number of halogens is 3. The first-order valence-corrected chi connectivity index (χ1v) is 11.3. The average molecular weight is 452 g/mol. The van der Waals surface area contributed by atoms with Gasteiger partial charge in [0.1, 0.15) is 0 Å². The lowest BCUT2D eigenvalue weighted by molar-refractivity contribution is -0.137. The summed E-state index contributed by atoms with van der Waals surface area (Å²) in [5, 5.41) is 6.78. The number of benzene rings is 2. The highest BCUT2D eigenvalue weighted by Crippen LogP contribution is 2.50. The summed E-state index contributed by atoms with van der Waals surface area (Å²) < 4.78 is 40.9. The van der Waals surface area contributed by atoms with Crippen LogP contribution in [-0.4, -0.2) is 51.2 Å². The van der Waals surface area contributed by atoms with Gasteiger partial charge in [0.25, 0.3) is 0 Å². The highest BCUT2D eigenvalue weighted by Gasteiger charge is 2.34. The number of nitrogens with two attached hydrogens (primary N) is 1. The van der Waals surface area contributed by atoms with Gasteiger partial charge in [-0.05, 0) is 43.2 Å². The van der Waals surface area contributed by atoms with Crippen molar-refractivity contribution in [3.05, 3.63) is 35.9 Å². The van der Waals surface area contributed by atoms with Crippen LogP contribution in [-0.2, 0) is 6.18 Å². The molecule has 0 radical (unpaired) electrons. The first kappa shape index (κ1) is 22.1. The van der Waals surface area contributed by atoms with E-state index < -0.39 is 11.7 Å². The van der Waals surface area contributed by atoms with Crippen molar-refractivity contribution in [2.24, 2.45) is 5.73 Å². The van der Waals surface area contributed by atoms with Gasteiger partial charge in [-0.15, -0.1) is 0 Å². The van der Waals surface area contributed by atoms with Gasteiger partial charge >= 0.3 is 6.18 Å². The van der Waals surface area contributed by atoms with Gasteiger partial charge in [0, 0.05) is 61.8 Å². The minimum absolute atomic E-state index is 0.130. The predicted molar refractivity (Wildman–Crippen MR) is 122 cm³/mol. The molecule has 2 aromatic carbocycles. The molecule has 1 fully saturated rings. The van der Waals surface area contributed by atoms with E-state index in [4.69, 9.17) is 5.73 Å². The Balaban J connectivity index is 1.63. The largest absolute Gasteiger partial charge is 0.416 e. The maximum absolute atomic E-state index is 13.6. The molecule has 0 bridgehead atoms. The molecule has 2 aliphatic rings. The van der Waals surface area contributed by atoms with Crippen LogP contribution in [0.3, 0.4) is 0 Å². The number of hydrogen-bond acceptors (Lipinski definition) is 6. The number of fused-ring (bicyclic) bond motifs is 2. The first-order valence-electron chi connectivity index (χ1n) is 10.4. The summed E-state index contributed by atoms with van der Waals surface area (Å²) in [6.45, 7) is 3.27. The summed E-state index contributed by atoms with van der Waals surface area (Å²) in [5.41, 5.74) is 8.15. The van der Waals surface area contributed by atoms with E-state index in [1.54, 1.807) is 0 Å². The SMILES string of the molecule is CN(C)c1ccc2c(c1)Sc1cc(C(F)(F)F)cc(NC3CCN(CCN)CC3)c1N2. The number of nitrogens with zero attached hydrogens (tertiary/aromatic N) is 2. The Bertz CT molecular complexity index is 939. The summed E-state index contributed by atoms with van der Waals surface area (Å²) in [6.07, 6.45) is -2.65. The molecule has 4 rings (SSSR count). The van der Waals surface area contributed by atoms with Gasteiger partial charge in [-0.3, -0.25) is 0 Å². The highest BCUT2D eigenvalue weighted by atomic mass is 32.2. The van der Waals surface area contributed by atoms with Crippen LogP contribution in [0.15, 0.2) is 40.1 Å². The Morgan fingerprint density at radius 1 is 1.16 bits per heavy atom. The molecular formula is C22H28F3N5S. The topological polar surface area (TPSA) is 56.6 Å². The standard InChI is InChI=1S/C22H28F3N5S/c1-29(2)16-3-4-17-19(13-16)31-20-12-14(22(23,24)25)11-18(21(20)28-17)27-15-5-8-30(9-6-15)10-7-26/h3-4,11-13,15,27-28H,5-10,26H2,1-2H3. The smallest absolute Gasteiger partial charge is 0.380 e. The number of anilines is 4. The van der Waals surface area contributed by atoms with Crippen LogP contribution in [0, 0.1) is 0 Å². The Labute approximate surface area is 185 Å². The minimum Gasteiger partial charge on any atom is -0.380 e. The number of hydrogen-bond donors (Lipinski definition) is 3. The number of likely N-dealkylation sites (tertiary alicyclic amines) is 1. The summed E-state index contributed by atoms with van der Waals surface area (Å²) in [7, 11) is 3.89. The molecule has 1 saturated heterocycles. The van der Waals surface area contributed by atoms with E-state index >= 15 is 0 Å². The van der Waals surface area contributed by atoms with E-state index in [-0.39, 0.29) is 6.04 Å². The molecule has 9 heteroatoms. The molecule has 0 aliphatic carbocycles. The van der Waals surface area contributed by atoms with Crippen molar-refractivity contribution < 1.29 is 13.2 Å². The second kappa shape index (κ2) is 8.80. The highest BCUT2D eigenvalue weighted by molar-refractivity contribution is 7.99. The molecule has 0 amide bonds. The number of piperidine rings is 1. The van der Waals surface area contributed by atoms with Crippen LogP contribution in [0.1, 0.15) is 18.4 Å². The van der Waals surface area contributed by atoms with Crippen LogP contribution in [0.2, 0.25) is 0 Å². The second-order valence-electron chi connectivity index (χ2n) is 8.25. The maximum atomic E-state index is 13.6. The van der Waals surface area contributed by atoms with E-state index in [0.29, 0.717) is 22.8 Å².